The second kappa shape index (κ2) is 8.74. The first-order valence-corrected chi connectivity index (χ1v) is 10.6. The summed E-state index contributed by atoms with van der Waals surface area (Å²) in [6.45, 7) is -0.987. The number of carboxylic acid groups (broad SMARTS) is 1. The van der Waals surface area contributed by atoms with Crippen LogP contribution in [0, 0.1) is 5.92 Å². The molecule has 15 nitrogen and oxygen atoms in total. The number of rotatable bonds is 10. The number of nitrogens with two attached hydrogens (primary N) is 1. The van der Waals surface area contributed by atoms with E-state index in [1.807, 2.05) is 0 Å². The van der Waals surface area contributed by atoms with Gasteiger partial charge in [-0.1, -0.05) is 5.16 Å². The Balaban J connectivity index is 1.83. The van der Waals surface area contributed by atoms with Crippen LogP contribution in [0.15, 0.2) is 23.2 Å². The van der Waals surface area contributed by atoms with E-state index in [1.165, 1.54) is 22.7 Å². The summed E-state index contributed by atoms with van der Waals surface area (Å²) in [4.78, 5) is 48.1. The molecule has 0 aliphatic carbocycles. The van der Waals surface area contributed by atoms with Gasteiger partial charge in [-0.25, -0.2) is 19.1 Å². The third-order valence-corrected chi connectivity index (χ3v) is 5.79. The van der Waals surface area contributed by atoms with E-state index >= 15 is 0 Å². The average Bonchev–Trinajstić information content (AvgIpc) is 3.33. The van der Waals surface area contributed by atoms with Crippen molar-refractivity contribution in [2.24, 2.45) is 11.1 Å². The molecule has 0 saturated carbocycles. The van der Waals surface area contributed by atoms with E-state index < -0.39 is 53.0 Å². The van der Waals surface area contributed by atoms with E-state index in [0.29, 0.717) is 0 Å². The molecule has 2 atom stereocenters. The van der Waals surface area contributed by atoms with Crippen LogP contribution in [0.1, 0.15) is 12.1 Å². The molecular weight excluding hydrogens is 458 g/mol. The molecule has 1 aliphatic heterocycles. The Labute approximate surface area is 178 Å². The zero-order valence-electron chi connectivity index (χ0n) is 15.4. The zero-order valence-corrected chi connectivity index (χ0v) is 17.1. The third-order valence-electron chi connectivity index (χ3n) is 4.17. The molecule has 1 saturated heterocycles. The lowest BCUT2D eigenvalue weighted by Gasteiger charge is -2.43. The van der Waals surface area contributed by atoms with Gasteiger partial charge in [-0.05, 0) is 0 Å². The van der Waals surface area contributed by atoms with Crippen molar-refractivity contribution >= 4 is 50.1 Å². The molecule has 2 aromatic rings. The third kappa shape index (κ3) is 5.01. The van der Waals surface area contributed by atoms with Gasteiger partial charge in [-0.15, -0.1) is 11.3 Å². The highest BCUT2D eigenvalue weighted by molar-refractivity contribution is 7.84. The summed E-state index contributed by atoms with van der Waals surface area (Å²) in [7, 11) is -4.87. The fraction of sp³-hybridized carbons (Fsp3) is 0.357. The number of oxime groups is 1. The predicted molar refractivity (Wildman–Crippen MR) is 102 cm³/mol. The molecule has 0 unspecified atom stereocenters. The lowest BCUT2D eigenvalue weighted by Crippen LogP contribution is -2.64. The average molecular weight is 473 g/mol. The molecule has 3 rings (SSSR count). The maximum atomic E-state index is 12.8. The number of carbonyl (C=O) groups excluding carboxylic acids is 2. The van der Waals surface area contributed by atoms with E-state index in [1.54, 1.807) is 0 Å². The number of aliphatic carboxylic acids is 1. The maximum Gasteiger partial charge on any atom is 0.362 e. The van der Waals surface area contributed by atoms with Gasteiger partial charge in [0.25, 0.3) is 0 Å². The van der Waals surface area contributed by atoms with Gasteiger partial charge in [0, 0.05) is 11.8 Å². The molecule has 1 fully saturated rings. The van der Waals surface area contributed by atoms with Gasteiger partial charge in [0.15, 0.2) is 16.6 Å². The van der Waals surface area contributed by atoms with Crippen LogP contribution < -0.4 is 5.73 Å². The summed E-state index contributed by atoms with van der Waals surface area (Å²) in [6.07, 6.45) is 1.95. The highest BCUT2D eigenvalue weighted by atomic mass is 32.2. The predicted octanol–water partition coefficient (Wildman–Crippen LogP) is -1.59. The van der Waals surface area contributed by atoms with E-state index in [2.05, 4.69) is 25.1 Å². The number of β-lactam (4-membered cyclic amide) rings is 1. The molecule has 4 N–H and O–H groups in total. The summed E-state index contributed by atoms with van der Waals surface area (Å²) in [6, 6.07) is -1.12. The number of ketones is 1. The van der Waals surface area contributed by atoms with Crippen LogP contribution in [-0.4, -0.2) is 78.2 Å². The molecule has 1 amide bonds. The molecule has 0 spiro atoms. The van der Waals surface area contributed by atoms with Crippen molar-refractivity contribution in [1.82, 2.24) is 24.1 Å². The smallest absolute Gasteiger partial charge is 0.362 e. The molecule has 31 heavy (non-hydrogen) atoms. The Morgan fingerprint density at radius 2 is 2.13 bits per heavy atom. The molecule has 3 heterocycles. The van der Waals surface area contributed by atoms with Gasteiger partial charge in [-0.2, -0.15) is 13.5 Å². The van der Waals surface area contributed by atoms with Crippen LogP contribution in [0.2, 0.25) is 0 Å². The van der Waals surface area contributed by atoms with Gasteiger partial charge in [-0.3, -0.25) is 18.8 Å². The molecule has 0 bridgehead atoms. The number of carbonyl (C=O) groups is 3. The van der Waals surface area contributed by atoms with Crippen LogP contribution in [0.3, 0.4) is 0 Å². The second-order valence-electron chi connectivity index (χ2n) is 6.21. The van der Waals surface area contributed by atoms with Crippen LogP contribution in [0.25, 0.3) is 0 Å². The lowest BCUT2D eigenvalue weighted by atomic mass is 9.84. The number of aromatic nitrogens is 4. The zero-order chi connectivity index (χ0) is 22.8. The Kier molecular flexibility index (Phi) is 6.27. The molecule has 0 radical (unpaired) electrons. The Morgan fingerprint density at radius 1 is 1.39 bits per heavy atom. The highest BCUT2D eigenvalue weighted by Gasteiger charge is 2.54. The van der Waals surface area contributed by atoms with Crippen molar-refractivity contribution in [2.45, 2.75) is 19.0 Å². The standard InChI is InChI=1S/C14H15N7O8S2/c15-14-18-8(4-30-14)12(19-29-3-11(23)24)10(22)1-7-9(2-20-6-16-5-17-20)21(13(7)25)31(26,27)28/h4-7,9H,1-3H2,(H2,15,18)(H,23,24)(H,26,27,28)/b19-12-/t7-,9+/m0/s1. The Morgan fingerprint density at radius 3 is 2.68 bits per heavy atom. The minimum Gasteiger partial charge on any atom is -0.479 e. The van der Waals surface area contributed by atoms with Crippen LogP contribution >= 0.6 is 11.3 Å². The van der Waals surface area contributed by atoms with Crippen LogP contribution in [-0.2, 0) is 36.1 Å². The van der Waals surface area contributed by atoms with Crippen molar-refractivity contribution in [3.05, 3.63) is 23.7 Å². The largest absolute Gasteiger partial charge is 0.479 e. The monoisotopic (exact) mass is 473 g/mol. The van der Waals surface area contributed by atoms with Gasteiger partial charge >= 0.3 is 16.3 Å². The number of hydrogen-bond donors (Lipinski definition) is 3. The molecular formula is C14H15N7O8S2. The lowest BCUT2D eigenvalue weighted by molar-refractivity contribution is -0.149. The SMILES string of the molecule is Nc1nc(/C(=N/OCC(=O)O)C(=O)C[C@@H]2C(=O)N(S(=O)(=O)O)[C@@H]2Cn2cncn2)cs1. The number of carboxylic acids is 1. The highest BCUT2D eigenvalue weighted by Crippen LogP contribution is 2.33. The number of thiazole rings is 1. The molecule has 166 valence electrons. The fourth-order valence-electron chi connectivity index (χ4n) is 2.89. The van der Waals surface area contributed by atoms with Crippen molar-refractivity contribution in [1.29, 1.82) is 0 Å². The number of anilines is 1. The summed E-state index contributed by atoms with van der Waals surface area (Å²) in [5, 5.41) is 17.5. The summed E-state index contributed by atoms with van der Waals surface area (Å²) in [5.74, 6) is -4.24. The Hall–Kier alpha value is -3.44. The number of nitrogens with zero attached hydrogens (tertiary/aromatic N) is 6. The fourth-order valence-corrected chi connectivity index (χ4v) is 4.35. The minimum absolute atomic E-state index is 0.00382. The molecule has 2 aromatic heterocycles. The van der Waals surface area contributed by atoms with Crippen LogP contribution in [0.5, 0.6) is 0 Å². The number of hydrogen-bond acceptors (Lipinski definition) is 12. The van der Waals surface area contributed by atoms with E-state index in [-0.39, 0.29) is 27.4 Å². The minimum atomic E-state index is -4.87. The van der Waals surface area contributed by atoms with E-state index in [4.69, 9.17) is 10.8 Å². The number of nitrogen functional groups attached to an aromatic ring is 1. The normalized spacial score (nSPS) is 19.2. The molecule has 0 aromatic carbocycles. The van der Waals surface area contributed by atoms with E-state index in [9.17, 15) is 27.4 Å². The summed E-state index contributed by atoms with van der Waals surface area (Å²) in [5.41, 5.74) is 5.17. The Bertz CT molecular complexity index is 1130. The van der Waals surface area contributed by atoms with Gasteiger partial charge in [0.1, 0.15) is 18.3 Å². The van der Waals surface area contributed by atoms with Crippen molar-refractivity contribution in [3.8, 4) is 0 Å². The summed E-state index contributed by atoms with van der Waals surface area (Å²) >= 11 is 0.992. The van der Waals surface area contributed by atoms with Crippen LogP contribution in [0.4, 0.5) is 5.13 Å². The van der Waals surface area contributed by atoms with Crippen molar-refractivity contribution in [2.75, 3.05) is 12.3 Å². The number of amides is 1. The van der Waals surface area contributed by atoms with Gasteiger partial charge < -0.3 is 15.7 Å². The van der Waals surface area contributed by atoms with E-state index in [0.717, 1.165) is 11.3 Å². The molecule has 1 aliphatic rings. The quantitative estimate of drug-likeness (QED) is 0.154. The maximum absolute atomic E-state index is 12.8. The van der Waals surface area contributed by atoms with Crippen molar-refractivity contribution in [3.63, 3.8) is 0 Å². The first kappa shape index (κ1) is 22.2. The van der Waals surface area contributed by atoms with Gasteiger partial charge in [0.2, 0.25) is 12.5 Å². The first-order valence-electron chi connectivity index (χ1n) is 8.37. The topological polar surface area (TPSA) is 220 Å². The molecule has 17 heteroatoms. The first-order chi connectivity index (χ1) is 14.6. The number of Topliss-reactive ketones (excluding diaryl/α,β-unsaturated/α-hetero) is 1. The second-order valence-corrected chi connectivity index (χ2v) is 8.39. The van der Waals surface area contributed by atoms with Gasteiger partial charge in [0.05, 0.1) is 18.5 Å². The summed E-state index contributed by atoms with van der Waals surface area (Å²) < 4.78 is 34.0. The van der Waals surface area contributed by atoms with Crippen molar-refractivity contribution < 1.29 is 37.3 Å².